The molecule has 1 aromatic heterocycles. The van der Waals surface area contributed by atoms with Gasteiger partial charge in [-0.1, -0.05) is 24.2 Å². The number of nitrogens with zero attached hydrogens (tertiary/aromatic N) is 1. The molecule has 1 heterocycles. The highest BCUT2D eigenvalue weighted by Gasteiger charge is 2.24. The highest BCUT2D eigenvalue weighted by atomic mass is 16.5. The zero-order valence-electron chi connectivity index (χ0n) is 12.2. The van der Waals surface area contributed by atoms with Gasteiger partial charge in [-0.3, -0.25) is 0 Å². The Hall–Kier alpha value is -2.30. The number of alkyl carbamates (subject to hydrolysis) is 1. The van der Waals surface area contributed by atoms with Crippen LogP contribution >= 0.6 is 0 Å². The number of methoxy groups -OCH3 is 1. The molecule has 1 atom stereocenters. The summed E-state index contributed by atoms with van der Waals surface area (Å²) in [4.78, 5) is 11.3. The van der Waals surface area contributed by atoms with Crippen LogP contribution in [0.1, 0.15) is 36.3 Å². The van der Waals surface area contributed by atoms with E-state index in [2.05, 4.69) is 27.3 Å². The molecule has 1 aromatic carbocycles. The minimum absolute atomic E-state index is 0.0324. The molecule has 0 bridgehead atoms. The van der Waals surface area contributed by atoms with E-state index in [1.807, 2.05) is 19.1 Å². The van der Waals surface area contributed by atoms with E-state index in [1.165, 1.54) is 12.7 Å². The molecule has 3 rings (SSSR count). The smallest absolute Gasteiger partial charge is 0.407 e. The second-order valence-corrected chi connectivity index (χ2v) is 5.17. The van der Waals surface area contributed by atoms with Gasteiger partial charge in [-0.25, -0.2) is 4.79 Å². The van der Waals surface area contributed by atoms with E-state index < -0.39 is 0 Å². The first-order valence-corrected chi connectivity index (χ1v) is 7.14. The number of aromatic nitrogens is 1. The van der Waals surface area contributed by atoms with Gasteiger partial charge in [0.15, 0.2) is 0 Å². The van der Waals surface area contributed by atoms with Crippen molar-refractivity contribution in [1.82, 2.24) is 10.5 Å². The first kappa shape index (κ1) is 13.7. The molecule has 0 saturated carbocycles. The van der Waals surface area contributed by atoms with Crippen molar-refractivity contribution in [1.29, 1.82) is 0 Å². The summed E-state index contributed by atoms with van der Waals surface area (Å²) >= 11 is 0. The summed E-state index contributed by atoms with van der Waals surface area (Å²) in [6.07, 6.45) is 2.28. The molecule has 2 aromatic rings. The third-order valence-corrected chi connectivity index (χ3v) is 3.90. The zero-order valence-corrected chi connectivity index (χ0v) is 12.2. The summed E-state index contributed by atoms with van der Waals surface area (Å²) in [5.74, 6) is 0.885. The van der Waals surface area contributed by atoms with Gasteiger partial charge in [0.1, 0.15) is 11.5 Å². The Kier molecular flexibility index (Phi) is 3.64. The van der Waals surface area contributed by atoms with E-state index in [-0.39, 0.29) is 12.1 Å². The van der Waals surface area contributed by atoms with Crippen molar-refractivity contribution in [2.75, 3.05) is 7.11 Å². The van der Waals surface area contributed by atoms with Gasteiger partial charge in [0.05, 0.1) is 13.2 Å². The van der Waals surface area contributed by atoms with Crippen molar-refractivity contribution >= 4 is 6.09 Å². The summed E-state index contributed by atoms with van der Waals surface area (Å²) < 4.78 is 9.92. The molecule has 0 saturated heterocycles. The minimum Gasteiger partial charge on any atom is -0.453 e. The monoisotopic (exact) mass is 286 g/mol. The fraction of sp³-hybridized carbons (Fsp3) is 0.375. The van der Waals surface area contributed by atoms with Gasteiger partial charge in [-0.15, -0.1) is 0 Å². The molecular weight excluding hydrogens is 268 g/mol. The summed E-state index contributed by atoms with van der Waals surface area (Å²) in [5, 5.41) is 6.96. The summed E-state index contributed by atoms with van der Waals surface area (Å²) in [5.41, 5.74) is 4.31. The lowest BCUT2D eigenvalue weighted by Crippen LogP contribution is -2.26. The molecule has 1 aliphatic carbocycles. The Bertz CT molecular complexity index is 663. The molecule has 1 aliphatic rings. The number of benzene rings is 1. The van der Waals surface area contributed by atoms with Crippen molar-refractivity contribution in [2.45, 2.75) is 32.2 Å². The van der Waals surface area contributed by atoms with Crippen LogP contribution in [-0.2, 0) is 17.6 Å². The average Bonchev–Trinajstić information content (AvgIpc) is 3.13. The zero-order chi connectivity index (χ0) is 14.8. The molecular formula is C16H18N2O3. The van der Waals surface area contributed by atoms with Crippen molar-refractivity contribution in [2.24, 2.45) is 0 Å². The van der Waals surface area contributed by atoms with E-state index in [0.29, 0.717) is 0 Å². The summed E-state index contributed by atoms with van der Waals surface area (Å²) in [6, 6.07) is 8.21. The molecule has 0 unspecified atom stereocenters. The molecule has 5 heteroatoms. The Morgan fingerprint density at radius 3 is 3.05 bits per heavy atom. The molecule has 1 amide bonds. The third-order valence-electron chi connectivity index (χ3n) is 3.90. The molecule has 1 N–H and O–H groups in total. The van der Waals surface area contributed by atoms with E-state index >= 15 is 0 Å². The lowest BCUT2D eigenvalue weighted by molar-refractivity contribution is 0.166. The van der Waals surface area contributed by atoms with Crippen LogP contribution in [-0.4, -0.2) is 18.4 Å². The molecule has 0 aliphatic heterocycles. The topological polar surface area (TPSA) is 64.4 Å². The number of ether oxygens (including phenoxy) is 1. The second kappa shape index (κ2) is 5.60. The van der Waals surface area contributed by atoms with Crippen molar-refractivity contribution in [3.05, 3.63) is 41.2 Å². The first-order chi connectivity index (χ1) is 10.2. The lowest BCUT2D eigenvalue weighted by atomic mass is 10.0. The SMILES string of the molecule is CCc1cc(-c2ccc3c(c2)CC[C@H]3NC(=O)OC)no1. The third kappa shape index (κ3) is 2.63. The van der Waals surface area contributed by atoms with Crippen molar-refractivity contribution in [3.63, 3.8) is 0 Å². The molecule has 5 nitrogen and oxygen atoms in total. The highest BCUT2D eigenvalue weighted by Crippen LogP contribution is 2.34. The summed E-state index contributed by atoms with van der Waals surface area (Å²) in [6.45, 7) is 2.04. The molecule has 21 heavy (non-hydrogen) atoms. The Labute approximate surface area is 123 Å². The van der Waals surface area contributed by atoms with Crippen LogP contribution in [0.2, 0.25) is 0 Å². The first-order valence-electron chi connectivity index (χ1n) is 7.14. The predicted octanol–water partition coefficient (Wildman–Crippen LogP) is 3.25. The summed E-state index contributed by atoms with van der Waals surface area (Å²) in [7, 11) is 1.38. The van der Waals surface area contributed by atoms with Gasteiger partial charge in [0.25, 0.3) is 0 Å². The van der Waals surface area contributed by atoms with Gasteiger partial charge in [0, 0.05) is 18.1 Å². The number of carbonyl (C=O) groups excluding carboxylic acids is 1. The van der Waals surface area contributed by atoms with E-state index in [0.717, 1.165) is 41.8 Å². The van der Waals surface area contributed by atoms with Gasteiger partial charge in [-0.2, -0.15) is 0 Å². The quantitative estimate of drug-likeness (QED) is 0.940. The number of nitrogens with one attached hydrogen (secondary N) is 1. The van der Waals surface area contributed by atoms with Crippen LogP contribution in [0.25, 0.3) is 11.3 Å². The van der Waals surface area contributed by atoms with Gasteiger partial charge < -0.3 is 14.6 Å². The molecule has 0 fully saturated rings. The number of amides is 1. The van der Waals surface area contributed by atoms with Gasteiger partial charge in [-0.05, 0) is 30.0 Å². The number of carbonyl (C=O) groups is 1. The van der Waals surface area contributed by atoms with Crippen molar-refractivity contribution < 1.29 is 14.1 Å². The number of hydrogen-bond acceptors (Lipinski definition) is 4. The molecule has 0 radical (unpaired) electrons. The number of aryl methyl sites for hydroxylation is 2. The Morgan fingerprint density at radius 1 is 1.48 bits per heavy atom. The average molecular weight is 286 g/mol. The van der Waals surface area contributed by atoms with Crippen LogP contribution < -0.4 is 5.32 Å². The van der Waals surface area contributed by atoms with Crippen molar-refractivity contribution in [3.8, 4) is 11.3 Å². The second-order valence-electron chi connectivity index (χ2n) is 5.17. The number of hydrogen-bond donors (Lipinski definition) is 1. The Morgan fingerprint density at radius 2 is 2.33 bits per heavy atom. The Balaban J connectivity index is 1.84. The van der Waals surface area contributed by atoms with Gasteiger partial charge >= 0.3 is 6.09 Å². The lowest BCUT2D eigenvalue weighted by Gasteiger charge is -2.13. The van der Waals surface area contributed by atoms with E-state index in [4.69, 9.17) is 4.52 Å². The minimum atomic E-state index is -0.388. The maximum atomic E-state index is 11.3. The standard InChI is InChI=1S/C16H18N2O3/c1-3-12-9-15(18-21-12)11-4-6-13-10(8-11)5-7-14(13)17-16(19)20-2/h4,6,8-9,14H,3,5,7H2,1-2H3,(H,17,19)/t14-/m1/s1. The fourth-order valence-corrected chi connectivity index (χ4v) is 2.74. The highest BCUT2D eigenvalue weighted by molar-refractivity contribution is 5.68. The largest absolute Gasteiger partial charge is 0.453 e. The maximum Gasteiger partial charge on any atom is 0.407 e. The van der Waals surface area contributed by atoms with Crippen LogP contribution in [0.4, 0.5) is 4.79 Å². The number of rotatable bonds is 3. The van der Waals surface area contributed by atoms with Gasteiger partial charge in [0.2, 0.25) is 0 Å². The van der Waals surface area contributed by atoms with Crippen LogP contribution in [0.3, 0.4) is 0 Å². The molecule has 0 spiro atoms. The van der Waals surface area contributed by atoms with E-state index in [9.17, 15) is 4.79 Å². The fourth-order valence-electron chi connectivity index (χ4n) is 2.74. The number of fused-ring (bicyclic) bond motifs is 1. The van der Waals surface area contributed by atoms with Crippen LogP contribution in [0, 0.1) is 0 Å². The maximum absolute atomic E-state index is 11.3. The predicted molar refractivity (Wildman–Crippen MR) is 77.9 cm³/mol. The van der Waals surface area contributed by atoms with Crippen LogP contribution in [0.15, 0.2) is 28.8 Å². The van der Waals surface area contributed by atoms with E-state index in [1.54, 1.807) is 0 Å². The van der Waals surface area contributed by atoms with Crippen LogP contribution in [0.5, 0.6) is 0 Å². The molecule has 110 valence electrons. The normalized spacial score (nSPS) is 16.6.